The highest BCUT2D eigenvalue weighted by molar-refractivity contribution is 5.80. The Morgan fingerprint density at radius 3 is 2.08 bits per heavy atom. The molecule has 0 heterocycles. The van der Waals surface area contributed by atoms with E-state index in [1.165, 1.54) is 27.8 Å². The van der Waals surface area contributed by atoms with E-state index in [9.17, 15) is 0 Å². The number of ether oxygens (including phenoxy) is 1. The Morgan fingerprint density at radius 1 is 0.875 bits per heavy atom. The van der Waals surface area contributed by atoms with Crippen molar-refractivity contribution in [3.8, 4) is 16.9 Å². The first-order chi connectivity index (χ1) is 11.8. The van der Waals surface area contributed by atoms with E-state index in [1.54, 1.807) is 0 Å². The molecule has 0 fully saturated rings. The molecule has 0 spiro atoms. The van der Waals surface area contributed by atoms with Gasteiger partial charge in [-0.05, 0) is 46.4 Å². The number of fused-ring (bicyclic) bond motifs is 3. The van der Waals surface area contributed by atoms with Gasteiger partial charge in [0.15, 0.2) is 0 Å². The Bertz CT molecular complexity index is 837. The van der Waals surface area contributed by atoms with Crippen molar-refractivity contribution in [1.29, 1.82) is 0 Å². The molecule has 2 heteroatoms. The van der Waals surface area contributed by atoms with E-state index in [2.05, 4.69) is 67.6 Å². The number of benzene rings is 3. The Labute approximate surface area is 142 Å². The Balaban J connectivity index is 1.81. The minimum Gasteiger partial charge on any atom is -0.491 e. The monoisotopic (exact) mass is 316 g/mol. The molecule has 1 aliphatic rings. The van der Waals surface area contributed by atoms with Crippen molar-refractivity contribution in [1.82, 2.24) is 0 Å². The van der Waals surface area contributed by atoms with Crippen molar-refractivity contribution in [3.63, 3.8) is 0 Å². The van der Waals surface area contributed by atoms with Crippen molar-refractivity contribution in [2.24, 2.45) is 0 Å². The predicted molar refractivity (Wildman–Crippen MR) is 96.6 cm³/mol. The van der Waals surface area contributed by atoms with Gasteiger partial charge in [-0.3, -0.25) is 0 Å². The third-order valence-electron chi connectivity index (χ3n) is 4.71. The molecule has 1 aliphatic carbocycles. The van der Waals surface area contributed by atoms with Gasteiger partial charge in [-0.1, -0.05) is 60.7 Å². The van der Waals surface area contributed by atoms with Crippen LogP contribution in [0.5, 0.6) is 5.75 Å². The van der Waals surface area contributed by atoms with Crippen molar-refractivity contribution < 1.29 is 9.84 Å². The maximum Gasteiger partial charge on any atom is 0.122 e. The van der Waals surface area contributed by atoms with Crippen LogP contribution in [-0.2, 0) is 0 Å². The van der Waals surface area contributed by atoms with Gasteiger partial charge in [0.05, 0.1) is 6.61 Å². The highest BCUT2D eigenvalue weighted by Gasteiger charge is 2.29. The fourth-order valence-corrected chi connectivity index (χ4v) is 3.68. The molecule has 0 saturated carbocycles. The standard InChI is InChI=1S/C22H20O2/c1-15-14-16(10-11-21(15)24-13-12-23)22-19-8-4-2-6-17(19)18-7-3-5-9-20(18)22/h2-11,14,22-23H,12-13H2,1H3. The minimum absolute atomic E-state index is 0.0323. The van der Waals surface area contributed by atoms with Gasteiger partial charge in [-0.15, -0.1) is 0 Å². The molecule has 0 amide bonds. The van der Waals surface area contributed by atoms with E-state index < -0.39 is 0 Å². The summed E-state index contributed by atoms with van der Waals surface area (Å²) in [6.45, 7) is 2.42. The van der Waals surface area contributed by atoms with Gasteiger partial charge < -0.3 is 9.84 Å². The van der Waals surface area contributed by atoms with Crippen LogP contribution < -0.4 is 4.74 Å². The zero-order valence-electron chi connectivity index (χ0n) is 13.7. The summed E-state index contributed by atoms with van der Waals surface area (Å²) >= 11 is 0. The normalized spacial score (nSPS) is 12.8. The molecule has 24 heavy (non-hydrogen) atoms. The number of rotatable bonds is 4. The smallest absolute Gasteiger partial charge is 0.122 e. The van der Waals surface area contributed by atoms with E-state index in [4.69, 9.17) is 9.84 Å². The summed E-state index contributed by atoms with van der Waals surface area (Å²) in [5, 5.41) is 8.94. The molecule has 4 rings (SSSR count). The number of hydrogen-bond acceptors (Lipinski definition) is 2. The second-order valence-corrected chi connectivity index (χ2v) is 6.20. The Kier molecular flexibility index (Phi) is 3.83. The lowest BCUT2D eigenvalue weighted by atomic mass is 9.88. The average molecular weight is 316 g/mol. The van der Waals surface area contributed by atoms with Crippen LogP contribution in [0.3, 0.4) is 0 Å². The second kappa shape index (κ2) is 6.14. The quantitative estimate of drug-likeness (QED) is 0.599. The number of aryl methyl sites for hydroxylation is 1. The maximum atomic E-state index is 8.94. The van der Waals surface area contributed by atoms with Gasteiger partial charge in [0.25, 0.3) is 0 Å². The molecule has 1 N–H and O–H groups in total. The molecule has 0 radical (unpaired) electrons. The summed E-state index contributed by atoms with van der Waals surface area (Å²) < 4.78 is 5.59. The van der Waals surface area contributed by atoms with Gasteiger partial charge in [0.1, 0.15) is 12.4 Å². The summed E-state index contributed by atoms with van der Waals surface area (Å²) in [5.74, 6) is 1.11. The zero-order chi connectivity index (χ0) is 16.5. The van der Waals surface area contributed by atoms with Crippen molar-refractivity contribution >= 4 is 0 Å². The van der Waals surface area contributed by atoms with E-state index in [1.807, 2.05) is 6.07 Å². The van der Waals surface area contributed by atoms with E-state index >= 15 is 0 Å². The topological polar surface area (TPSA) is 29.5 Å². The van der Waals surface area contributed by atoms with E-state index in [-0.39, 0.29) is 12.5 Å². The molecule has 0 saturated heterocycles. The van der Waals surface area contributed by atoms with Crippen LogP contribution in [0.2, 0.25) is 0 Å². The lowest BCUT2D eigenvalue weighted by Crippen LogP contribution is -2.04. The molecule has 0 unspecified atom stereocenters. The van der Waals surface area contributed by atoms with E-state index in [0.717, 1.165) is 11.3 Å². The SMILES string of the molecule is Cc1cc(C2c3ccccc3-c3ccccc32)ccc1OCCO. The predicted octanol–water partition coefficient (Wildman–Crippen LogP) is 4.53. The summed E-state index contributed by atoms with van der Waals surface area (Å²) in [4.78, 5) is 0. The highest BCUT2D eigenvalue weighted by atomic mass is 16.5. The van der Waals surface area contributed by atoms with Gasteiger partial charge in [-0.25, -0.2) is 0 Å². The Hall–Kier alpha value is -2.58. The van der Waals surface area contributed by atoms with E-state index in [0.29, 0.717) is 6.61 Å². The zero-order valence-corrected chi connectivity index (χ0v) is 13.7. The number of hydrogen-bond donors (Lipinski definition) is 1. The first kappa shape index (κ1) is 15.0. The van der Waals surface area contributed by atoms with Crippen LogP contribution in [0.1, 0.15) is 28.2 Å². The average Bonchev–Trinajstić information content (AvgIpc) is 2.95. The van der Waals surface area contributed by atoms with Gasteiger partial charge in [0, 0.05) is 5.92 Å². The molecule has 3 aromatic carbocycles. The number of aliphatic hydroxyl groups is 1. The summed E-state index contributed by atoms with van der Waals surface area (Å²) in [5.41, 5.74) is 7.76. The molecular formula is C22H20O2. The molecular weight excluding hydrogens is 296 g/mol. The van der Waals surface area contributed by atoms with Gasteiger partial charge in [0.2, 0.25) is 0 Å². The van der Waals surface area contributed by atoms with Crippen LogP contribution >= 0.6 is 0 Å². The summed E-state index contributed by atoms with van der Waals surface area (Å²) in [7, 11) is 0. The molecule has 2 nitrogen and oxygen atoms in total. The Morgan fingerprint density at radius 2 is 1.50 bits per heavy atom. The van der Waals surface area contributed by atoms with Crippen molar-refractivity contribution in [2.75, 3.05) is 13.2 Å². The third kappa shape index (κ3) is 2.40. The first-order valence-electron chi connectivity index (χ1n) is 8.32. The molecule has 0 aliphatic heterocycles. The minimum atomic E-state index is 0.0323. The second-order valence-electron chi connectivity index (χ2n) is 6.20. The lowest BCUT2D eigenvalue weighted by molar-refractivity contribution is 0.200. The molecule has 3 aromatic rings. The molecule has 120 valence electrons. The highest BCUT2D eigenvalue weighted by Crippen LogP contribution is 2.48. The molecule has 0 bridgehead atoms. The summed E-state index contributed by atoms with van der Waals surface area (Å²) in [6, 6.07) is 23.7. The van der Waals surface area contributed by atoms with Gasteiger partial charge in [-0.2, -0.15) is 0 Å². The largest absolute Gasteiger partial charge is 0.491 e. The lowest BCUT2D eigenvalue weighted by Gasteiger charge is -2.16. The fraction of sp³-hybridized carbons (Fsp3) is 0.182. The molecule has 0 atom stereocenters. The maximum absolute atomic E-state index is 8.94. The summed E-state index contributed by atoms with van der Waals surface area (Å²) in [6.07, 6.45) is 0. The van der Waals surface area contributed by atoms with Crippen molar-refractivity contribution in [2.45, 2.75) is 12.8 Å². The van der Waals surface area contributed by atoms with Crippen LogP contribution in [0.4, 0.5) is 0 Å². The third-order valence-corrected chi connectivity index (χ3v) is 4.71. The number of aliphatic hydroxyl groups excluding tert-OH is 1. The van der Waals surface area contributed by atoms with Crippen molar-refractivity contribution in [3.05, 3.63) is 89.0 Å². The van der Waals surface area contributed by atoms with Gasteiger partial charge >= 0.3 is 0 Å². The first-order valence-corrected chi connectivity index (χ1v) is 8.32. The fourth-order valence-electron chi connectivity index (χ4n) is 3.68. The molecule has 0 aromatic heterocycles. The van der Waals surface area contributed by atoms with Crippen LogP contribution in [-0.4, -0.2) is 18.3 Å². The van der Waals surface area contributed by atoms with Crippen LogP contribution in [0.25, 0.3) is 11.1 Å². The van der Waals surface area contributed by atoms with Crippen LogP contribution in [0.15, 0.2) is 66.7 Å². The van der Waals surface area contributed by atoms with Crippen LogP contribution in [0, 0.1) is 6.92 Å².